The first-order valence-electron chi connectivity index (χ1n) is 7.14. The van der Waals surface area contributed by atoms with Gasteiger partial charge in [0.15, 0.2) is 6.61 Å². The maximum atomic E-state index is 12.0. The molecule has 0 saturated heterocycles. The summed E-state index contributed by atoms with van der Waals surface area (Å²) in [4.78, 5) is 25.4. The van der Waals surface area contributed by atoms with Crippen molar-refractivity contribution in [3.05, 3.63) is 45.6 Å². The summed E-state index contributed by atoms with van der Waals surface area (Å²) in [7, 11) is 0. The lowest BCUT2D eigenvalue weighted by atomic mass is 10.1. The third-order valence-corrected chi connectivity index (χ3v) is 4.64. The molecule has 1 amide bonds. The minimum absolute atomic E-state index is 0.170. The number of aryl methyl sites for hydroxylation is 2. The normalized spacial score (nSPS) is 10.0. The van der Waals surface area contributed by atoms with Gasteiger partial charge in [0.1, 0.15) is 5.40 Å². The third-order valence-electron chi connectivity index (χ3n) is 3.20. The Morgan fingerprint density at radius 1 is 1.33 bits per heavy atom. The summed E-state index contributed by atoms with van der Waals surface area (Å²) in [5, 5.41) is 15.4. The van der Waals surface area contributed by atoms with Crippen LogP contribution in [0.1, 0.15) is 16.0 Å². The SMILES string of the molecule is Cc1cc(SC#N)cc(C)c1NC(=O)COC(=O)Cc1cccs1. The Hall–Kier alpha value is -2.30. The van der Waals surface area contributed by atoms with Crippen molar-refractivity contribution in [1.82, 2.24) is 0 Å². The van der Waals surface area contributed by atoms with Gasteiger partial charge in [-0.2, -0.15) is 5.26 Å². The number of thiocyanates is 1. The molecule has 0 bridgehead atoms. The van der Waals surface area contributed by atoms with Crippen LogP contribution in [0.15, 0.2) is 34.5 Å². The molecule has 1 aromatic carbocycles. The molecule has 0 aliphatic heterocycles. The largest absolute Gasteiger partial charge is 0.455 e. The van der Waals surface area contributed by atoms with E-state index < -0.39 is 5.97 Å². The van der Waals surface area contributed by atoms with Crippen molar-refractivity contribution in [2.75, 3.05) is 11.9 Å². The minimum atomic E-state index is -0.429. The van der Waals surface area contributed by atoms with Gasteiger partial charge in [-0.1, -0.05) is 6.07 Å². The average molecular weight is 360 g/mol. The van der Waals surface area contributed by atoms with Crippen LogP contribution >= 0.6 is 23.1 Å². The predicted molar refractivity (Wildman–Crippen MR) is 95.0 cm³/mol. The lowest BCUT2D eigenvalue weighted by molar-refractivity contribution is -0.146. The maximum Gasteiger partial charge on any atom is 0.311 e. The lowest BCUT2D eigenvalue weighted by Gasteiger charge is -2.13. The van der Waals surface area contributed by atoms with Crippen LogP contribution in [-0.2, 0) is 20.7 Å². The number of nitrogens with zero attached hydrogens (tertiary/aromatic N) is 1. The number of benzene rings is 1. The molecule has 0 fully saturated rings. The van der Waals surface area contributed by atoms with Gasteiger partial charge in [0.25, 0.3) is 5.91 Å². The molecule has 24 heavy (non-hydrogen) atoms. The lowest BCUT2D eigenvalue weighted by Crippen LogP contribution is -2.22. The van der Waals surface area contributed by atoms with Crippen LogP contribution in [0.4, 0.5) is 5.69 Å². The molecule has 2 aromatic rings. The van der Waals surface area contributed by atoms with E-state index in [9.17, 15) is 9.59 Å². The Labute approximate surface area is 148 Å². The van der Waals surface area contributed by atoms with Crippen molar-refractivity contribution in [3.8, 4) is 5.40 Å². The molecule has 0 spiro atoms. The van der Waals surface area contributed by atoms with E-state index in [0.717, 1.165) is 32.7 Å². The molecule has 0 aliphatic carbocycles. The fourth-order valence-electron chi connectivity index (χ4n) is 2.16. The van der Waals surface area contributed by atoms with Gasteiger partial charge in [0, 0.05) is 15.5 Å². The van der Waals surface area contributed by atoms with Crippen LogP contribution < -0.4 is 5.32 Å². The highest BCUT2D eigenvalue weighted by Crippen LogP contribution is 2.27. The van der Waals surface area contributed by atoms with Gasteiger partial charge in [-0.15, -0.1) is 11.3 Å². The fourth-order valence-corrected chi connectivity index (χ4v) is 3.43. The fraction of sp³-hybridized carbons (Fsp3) is 0.235. The molecular formula is C17H16N2O3S2. The molecule has 0 radical (unpaired) electrons. The highest BCUT2D eigenvalue weighted by atomic mass is 32.2. The Morgan fingerprint density at radius 3 is 2.62 bits per heavy atom. The smallest absolute Gasteiger partial charge is 0.311 e. The van der Waals surface area contributed by atoms with E-state index in [1.165, 1.54) is 11.3 Å². The second-order valence-corrected chi connectivity index (χ2v) is 6.98. The van der Waals surface area contributed by atoms with Crippen molar-refractivity contribution in [2.24, 2.45) is 0 Å². The first kappa shape index (κ1) is 18.0. The van der Waals surface area contributed by atoms with Crippen LogP contribution in [0.2, 0.25) is 0 Å². The van der Waals surface area contributed by atoms with E-state index in [1.54, 1.807) is 0 Å². The second kappa shape index (κ2) is 8.52. The molecule has 2 rings (SSSR count). The molecule has 5 nitrogen and oxygen atoms in total. The average Bonchev–Trinajstić information content (AvgIpc) is 3.02. The summed E-state index contributed by atoms with van der Waals surface area (Å²) < 4.78 is 5.00. The van der Waals surface area contributed by atoms with Crippen molar-refractivity contribution >= 4 is 40.7 Å². The number of carbonyl (C=O) groups is 2. The molecule has 7 heteroatoms. The Balaban J connectivity index is 1.90. The van der Waals surface area contributed by atoms with E-state index in [-0.39, 0.29) is 18.9 Å². The summed E-state index contributed by atoms with van der Waals surface area (Å²) >= 11 is 2.54. The summed E-state index contributed by atoms with van der Waals surface area (Å²) in [5.74, 6) is -0.816. The van der Waals surface area contributed by atoms with Gasteiger partial charge in [-0.3, -0.25) is 9.59 Å². The number of anilines is 1. The van der Waals surface area contributed by atoms with Gasteiger partial charge < -0.3 is 10.1 Å². The number of nitrogens with one attached hydrogen (secondary N) is 1. The zero-order valence-corrected chi connectivity index (χ0v) is 14.9. The number of thioether (sulfide) groups is 1. The molecule has 1 N–H and O–H groups in total. The van der Waals surface area contributed by atoms with Crippen LogP contribution in [0.3, 0.4) is 0 Å². The number of esters is 1. The summed E-state index contributed by atoms with van der Waals surface area (Å²) in [6.45, 7) is 3.39. The van der Waals surface area contributed by atoms with E-state index >= 15 is 0 Å². The van der Waals surface area contributed by atoms with Gasteiger partial charge in [0.2, 0.25) is 0 Å². The molecule has 0 atom stereocenters. The number of hydrogen-bond donors (Lipinski definition) is 1. The van der Waals surface area contributed by atoms with Crippen LogP contribution in [0, 0.1) is 24.5 Å². The topological polar surface area (TPSA) is 79.2 Å². The summed E-state index contributed by atoms with van der Waals surface area (Å²) in [6.07, 6.45) is 0.170. The highest BCUT2D eigenvalue weighted by molar-refractivity contribution is 8.03. The van der Waals surface area contributed by atoms with Crippen molar-refractivity contribution in [1.29, 1.82) is 5.26 Å². The maximum absolute atomic E-state index is 12.0. The number of nitriles is 1. The van der Waals surface area contributed by atoms with Gasteiger partial charge in [-0.25, -0.2) is 0 Å². The first-order valence-corrected chi connectivity index (χ1v) is 8.84. The predicted octanol–water partition coefficient (Wildman–Crippen LogP) is 3.66. The molecule has 124 valence electrons. The number of hydrogen-bond acceptors (Lipinski definition) is 6. The zero-order valence-electron chi connectivity index (χ0n) is 13.3. The van der Waals surface area contributed by atoms with E-state index in [0.29, 0.717) is 5.69 Å². The van der Waals surface area contributed by atoms with Gasteiger partial charge in [0.05, 0.1) is 6.42 Å². The second-order valence-electron chi connectivity index (χ2n) is 5.09. The van der Waals surface area contributed by atoms with Crippen molar-refractivity contribution < 1.29 is 14.3 Å². The van der Waals surface area contributed by atoms with E-state index in [2.05, 4.69) is 5.32 Å². The van der Waals surface area contributed by atoms with Crippen molar-refractivity contribution in [2.45, 2.75) is 25.2 Å². The van der Waals surface area contributed by atoms with Crippen molar-refractivity contribution in [3.63, 3.8) is 0 Å². The Morgan fingerprint density at radius 2 is 2.04 bits per heavy atom. The van der Waals surface area contributed by atoms with Crippen LogP contribution in [0.25, 0.3) is 0 Å². The van der Waals surface area contributed by atoms with E-state index in [1.807, 2.05) is 48.9 Å². The number of rotatable bonds is 6. The van der Waals surface area contributed by atoms with E-state index in [4.69, 9.17) is 10.00 Å². The molecule has 1 aromatic heterocycles. The molecule has 0 saturated carbocycles. The van der Waals surface area contributed by atoms with Gasteiger partial charge >= 0.3 is 5.97 Å². The van der Waals surface area contributed by atoms with Gasteiger partial charge in [-0.05, 0) is 60.3 Å². The highest BCUT2D eigenvalue weighted by Gasteiger charge is 2.12. The minimum Gasteiger partial charge on any atom is -0.455 e. The zero-order chi connectivity index (χ0) is 17.5. The monoisotopic (exact) mass is 360 g/mol. The first-order chi connectivity index (χ1) is 11.5. The van der Waals surface area contributed by atoms with Crippen LogP contribution in [0.5, 0.6) is 0 Å². The Kier molecular flexibility index (Phi) is 6.41. The third kappa shape index (κ3) is 5.11. The summed E-state index contributed by atoms with van der Waals surface area (Å²) in [6, 6.07) is 7.37. The number of thiophene rings is 1. The molecule has 1 heterocycles. The summed E-state index contributed by atoms with van der Waals surface area (Å²) in [5.41, 5.74) is 2.38. The standard InChI is InChI=1S/C17H16N2O3S2/c1-11-6-14(24-10-18)7-12(2)17(11)19-15(20)9-22-16(21)8-13-4-3-5-23-13/h3-7H,8-9H2,1-2H3,(H,19,20). The molecular weight excluding hydrogens is 344 g/mol. The molecule has 0 aliphatic rings. The number of amides is 1. The van der Waals surface area contributed by atoms with Crippen LogP contribution in [-0.4, -0.2) is 18.5 Å². The quantitative estimate of drug-likeness (QED) is 0.483. The number of ether oxygens (including phenoxy) is 1. The Bertz CT molecular complexity index is 757. The molecule has 0 unspecified atom stereocenters. The number of carbonyl (C=O) groups excluding carboxylic acids is 2.